The van der Waals surface area contributed by atoms with Gasteiger partial charge in [-0.3, -0.25) is 4.79 Å². The number of fused-ring (bicyclic) bond motifs is 1. The fourth-order valence-electron chi connectivity index (χ4n) is 4.11. The first kappa shape index (κ1) is 23.4. The molecule has 0 saturated carbocycles. The second-order valence-electron chi connectivity index (χ2n) is 8.26. The fourth-order valence-corrected chi connectivity index (χ4v) is 6.44. The van der Waals surface area contributed by atoms with Gasteiger partial charge in [0.25, 0.3) is 5.91 Å². The van der Waals surface area contributed by atoms with Crippen molar-refractivity contribution in [1.82, 2.24) is 9.29 Å². The van der Waals surface area contributed by atoms with Gasteiger partial charge in [0.2, 0.25) is 10.0 Å². The van der Waals surface area contributed by atoms with Crippen LogP contribution < -0.4 is 10.2 Å². The first-order valence-electron chi connectivity index (χ1n) is 11.1. The summed E-state index contributed by atoms with van der Waals surface area (Å²) in [6.45, 7) is 3.50. The molecule has 0 bridgehead atoms. The fraction of sp³-hybridized carbons (Fsp3) is 0.200. The molecule has 1 N–H and O–H groups in total. The maximum absolute atomic E-state index is 13.3. The molecule has 1 aromatic heterocycles. The zero-order chi connectivity index (χ0) is 24.6. The second-order valence-corrected chi connectivity index (χ2v) is 11.4. The molecule has 0 radical (unpaired) electrons. The number of halogens is 1. The number of hydrogen-bond acceptors (Lipinski definition) is 6. The lowest BCUT2D eigenvalue weighted by Gasteiger charge is -2.35. The number of anilines is 2. The highest BCUT2D eigenvalue weighted by molar-refractivity contribution is 7.89. The largest absolute Gasteiger partial charge is 0.369 e. The third kappa shape index (κ3) is 4.90. The van der Waals surface area contributed by atoms with Crippen LogP contribution in [0.1, 0.15) is 15.4 Å². The number of thiazole rings is 1. The molecule has 0 spiro atoms. The maximum atomic E-state index is 13.3. The number of rotatable bonds is 5. The molecular weight excluding hydrogens is 487 g/mol. The highest BCUT2D eigenvalue weighted by atomic mass is 32.2. The first-order chi connectivity index (χ1) is 16.8. The van der Waals surface area contributed by atoms with Gasteiger partial charge in [-0.15, -0.1) is 11.3 Å². The highest BCUT2D eigenvalue weighted by Gasteiger charge is 2.29. The Morgan fingerprint density at radius 3 is 2.49 bits per heavy atom. The van der Waals surface area contributed by atoms with Crippen molar-refractivity contribution in [2.24, 2.45) is 0 Å². The number of aryl methyl sites for hydroxylation is 1. The van der Waals surface area contributed by atoms with E-state index in [1.165, 1.54) is 28.6 Å². The van der Waals surface area contributed by atoms with Crippen LogP contribution in [0.3, 0.4) is 0 Å². The molecule has 10 heteroatoms. The summed E-state index contributed by atoms with van der Waals surface area (Å²) in [5.74, 6) is -0.693. The first-order valence-corrected chi connectivity index (χ1v) is 13.3. The Balaban J connectivity index is 1.29. The van der Waals surface area contributed by atoms with Gasteiger partial charge in [-0.05, 0) is 67.6 Å². The molecule has 0 aliphatic carbocycles. The number of carbonyl (C=O) groups is 1. The van der Waals surface area contributed by atoms with Crippen molar-refractivity contribution in [2.75, 3.05) is 36.4 Å². The SMILES string of the molecule is Cc1nc2ccc(NC(=O)c3cccc(S(=O)(=O)N4CCN(c5ccc(F)cc5)CC4)c3)cc2s1. The molecule has 4 aromatic rings. The van der Waals surface area contributed by atoms with Crippen molar-refractivity contribution in [3.63, 3.8) is 0 Å². The number of aromatic nitrogens is 1. The Labute approximate surface area is 206 Å². The van der Waals surface area contributed by atoms with Crippen LogP contribution in [-0.2, 0) is 10.0 Å². The Hall–Kier alpha value is -3.34. The van der Waals surface area contributed by atoms with Crippen LogP contribution in [0.2, 0.25) is 0 Å². The van der Waals surface area contributed by atoms with Crippen LogP contribution in [0, 0.1) is 12.7 Å². The molecule has 5 rings (SSSR count). The predicted molar refractivity (Wildman–Crippen MR) is 136 cm³/mol. The standard InChI is InChI=1S/C25H23FN4O3S2/c1-17-27-23-10-7-20(16-24(23)34-17)28-25(31)18-3-2-4-22(15-18)35(32,33)30-13-11-29(12-14-30)21-8-5-19(26)6-9-21/h2-10,15-16H,11-14H2,1H3,(H,28,31). The number of sulfonamides is 1. The molecule has 1 aliphatic heterocycles. The van der Waals surface area contributed by atoms with Crippen LogP contribution in [0.25, 0.3) is 10.2 Å². The normalized spacial score (nSPS) is 14.9. The Bertz CT molecular complexity index is 1490. The summed E-state index contributed by atoms with van der Waals surface area (Å²) >= 11 is 1.54. The minimum Gasteiger partial charge on any atom is -0.369 e. The minimum absolute atomic E-state index is 0.0777. The van der Waals surface area contributed by atoms with Crippen molar-refractivity contribution in [3.05, 3.63) is 83.1 Å². The predicted octanol–water partition coefficient (Wildman–Crippen LogP) is 4.51. The van der Waals surface area contributed by atoms with Gasteiger partial charge in [-0.1, -0.05) is 6.07 Å². The van der Waals surface area contributed by atoms with Crippen molar-refractivity contribution >= 4 is 48.9 Å². The van der Waals surface area contributed by atoms with Gasteiger partial charge < -0.3 is 10.2 Å². The van der Waals surface area contributed by atoms with Crippen molar-refractivity contribution in [3.8, 4) is 0 Å². The number of hydrogen-bond donors (Lipinski definition) is 1. The Morgan fingerprint density at radius 2 is 1.74 bits per heavy atom. The molecule has 3 aromatic carbocycles. The smallest absolute Gasteiger partial charge is 0.255 e. The van der Waals surface area contributed by atoms with Gasteiger partial charge in [0, 0.05) is 43.1 Å². The third-order valence-corrected chi connectivity index (χ3v) is 8.75. The van der Waals surface area contributed by atoms with E-state index in [2.05, 4.69) is 10.3 Å². The van der Waals surface area contributed by atoms with E-state index in [1.54, 1.807) is 41.7 Å². The number of nitrogens with one attached hydrogen (secondary N) is 1. The Kier molecular flexibility index (Phi) is 6.26. The summed E-state index contributed by atoms with van der Waals surface area (Å²) in [6, 6.07) is 17.7. The monoisotopic (exact) mass is 510 g/mol. The molecule has 180 valence electrons. The summed E-state index contributed by atoms with van der Waals surface area (Å²) < 4.78 is 42.1. The van der Waals surface area contributed by atoms with Gasteiger partial charge >= 0.3 is 0 Å². The van der Waals surface area contributed by atoms with Gasteiger partial charge in [0.05, 0.1) is 20.1 Å². The van der Waals surface area contributed by atoms with Crippen LogP contribution in [0.5, 0.6) is 0 Å². The van der Waals surface area contributed by atoms with Gasteiger partial charge in [0.15, 0.2) is 0 Å². The Morgan fingerprint density at radius 1 is 1.00 bits per heavy atom. The minimum atomic E-state index is -3.77. The molecule has 1 fully saturated rings. The number of amides is 1. The molecular formula is C25H23FN4O3S2. The van der Waals surface area contributed by atoms with E-state index in [-0.39, 0.29) is 22.2 Å². The average molecular weight is 511 g/mol. The quantitative estimate of drug-likeness (QED) is 0.427. The van der Waals surface area contributed by atoms with Crippen molar-refractivity contribution in [1.29, 1.82) is 0 Å². The molecule has 0 atom stereocenters. The van der Waals surface area contributed by atoms with Crippen LogP contribution in [-0.4, -0.2) is 49.8 Å². The van der Waals surface area contributed by atoms with E-state index in [4.69, 9.17) is 0 Å². The summed E-state index contributed by atoms with van der Waals surface area (Å²) in [5.41, 5.74) is 2.61. The zero-order valence-electron chi connectivity index (χ0n) is 18.9. The van der Waals surface area contributed by atoms with E-state index in [0.717, 1.165) is 20.9 Å². The molecule has 7 nitrogen and oxygen atoms in total. The molecule has 1 amide bonds. The van der Waals surface area contributed by atoms with Crippen LogP contribution in [0.4, 0.5) is 15.8 Å². The summed E-state index contributed by atoms with van der Waals surface area (Å²) in [7, 11) is -3.77. The van der Waals surface area contributed by atoms with E-state index in [1.807, 2.05) is 24.0 Å². The molecule has 0 unspecified atom stereocenters. The van der Waals surface area contributed by atoms with Gasteiger partial charge in [-0.25, -0.2) is 17.8 Å². The van der Waals surface area contributed by atoms with Crippen molar-refractivity contribution in [2.45, 2.75) is 11.8 Å². The average Bonchev–Trinajstić information content (AvgIpc) is 3.24. The number of benzene rings is 3. The van der Waals surface area contributed by atoms with Crippen LogP contribution in [0.15, 0.2) is 71.6 Å². The van der Waals surface area contributed by atoms with Gasteiger partial charge in [0.1, 0.15) is 5.82 Å². The highest BCUT2D eigenvalue weighted by Crippen LogP contribution is 2.26. The van der Waals surface area contributed by atoms with E-state index < -0.39 is 10.0 Å². The number of carbonyl (C=O) groups excluding carboxylic acids is 1. The lowest BCUT2D eigenvalue weighted by molar-refractivity contribution is 0.102. The topological polar surface area (TPSA) is 82.6 Å². The molecule has 35 heavy (non-hydrogen) atoms. The van der Waals surface area contributed by atoms with E-state index >= 15 is 0 Å². The van der Waals surface area contributed by atoms with Crippen molar-refractivity contribution < 1.29 is 17.6 Å². The summed E-state index contributed by atoms with van der Waals surface area (Å²) in [4.78, 5) is 19.4. The lowest BCUT2D eigenvalue weighted by atomic mass is 10.2. The second kappa shape index (κ2) is 9.37. The molecule has 1 aliphatic rings. The molecule has 1 saturated heterocycles. The third-order valence-electron chi connectivity index (χ3n) is 5.92. The number of nitrogens with zero attached hydrogens (tertiary/aromatic N) is 3. The zero-order valence-corrected chi connectivity index (χ0v) is 20.6. The number of piperazine rings is 1. The summed E-state index contributed by atoms with van der Waals surface area (Å²) in [5, 5.41) is 3.79. The molecule has 2 heterocycles. The van der Waals surface area contributed by atoms with Gasteiger partial charge in [-0.2, -0.15) is 4.31 Å². The van der Waals surface area contributed by atoms with E-state index in [9.17, 15) is 17.6 Å². The lowest BCUT2D eigenvalue weighted by Crippen LogP contribution is -2.48. The summed E-state index contributed by atoms with van der Waals surface area (Å²) in [6.07, 6.45) is 0. The van der Waals surface area contributed by atoms with Crippen LogP contribution >= 0.6 is 11.3 Å². The maximum Gasteiger partial charge on any atom is 0.255 e. The van der Waals surface area contributed by atoms with E-state index in [0.29, 0.717) is 31.9 Å².